The molecule has 0 amide bonds. The van der Waals surface area contributed by atoms with Crippen LogP contribution in [-0.2, 0) is 14.2 Å². The van der Waals surface area contributed by atoms with Gasteiger partial charge in [0.1, 0.15) is 6.61 Å². The monoisotopic (exact) mass is 319 g/mol. The zero-order valence-corrected chi connectivity index (χ0v) is 12.5. The van der Waals surface area contributed by atoms with E-state index in [2.05, 4.69) is 4.98 Å². The van der Waals surface area contributed by atoms with Crippen LogP contribution in [0.4, 0.5) is 0 Å². The summed E-state index contributed by atoms with van der Waals surface area (Å²) in [5, 5.41) is 8.97. The molecule has 1 aromatic rings. The average Bonchev–Trinajstić information content (AvgIpc) is 2.47. The van der Waals surface area contributed by atoms with Gasteiger partial charge in [0, 0.05) is 13.2 Å². The zero-order valence-electron chi connectivity index (χ0n) is 11.7. The molecule has 1 N–H and O–H groups in total. The van der Waals surface area contributed by atoms with Crippen LogP contribution in [0.5, 0.6) is 5.88 Å². The van der Waals surface area contributed by atoms with Crippen molar-refractivity contribution in [3.63, 3.8) is 0 Å². The summed E-state index contributed by atoms with van der Waals surface area (Å²) in [5.41, 5.74) is -0.0471. The summed E-state index contributed by atoms with van der Waals surface area (Å²) in [6.45, 7) is 2.61. The van der Waals surface area contributed by atoms with Crippen LogP contribution in [0.25, 0.3) is 0 Å². The number of halogens is 1. The lowest BCUT2D eigenvalue weighted by Gasteiger charge is -2.08. The molecule has 0 bridgehead atoms. The fourth-order valence-corrected chi connectivity index (χ4v) is 1.52. The first-order valence-corrected chi connectivity index (χ1v) is 6.69. The highest BCUT2D eigenvalue weighted by atomic mass is 35.5. The van der Waals surface area contributed by atoms with Gasteiger partial charge < -0.3 is 24.1 Å². The molecule has 0 aliphatic carbocycles. The third-order valence-electron chi connectivity index (χ3n) is 2.34. The number of carboxylic acid groups (broad SMARTS) is 1. The predicted molar refractivity (Wildman–Crippen MR) is 75.2 cm³/mol. The van der Waals surface area contributed by atoms with Crippen molar-refractivity contribution in [1.29, 1.82) is 0 Å². The van der Waals surface area contributed by atoms with E-state index in [1.807, 2.05) is 0 Å². The van der Waals surface area contributed by atoms with Crippen LogP contribution < -0.4 is 4.74 Å². The molecule has 0 unspecified atom stereocenters. The highest BCUT2D eigenvalue weighted by Crippen LogP contribution is 2.19. The van der Waals surface area contributed by atoms with Crippen molar-refractivity contribution < 1.29 is 28.8 Å². The molecule has 0 aliphatic heterocycles. The van der Waals surface area contributed by atoms with Gasteiger partial charge in [0.15, 0.2) is 0 Å². The number of hydrogen-bond acceptors (Lipinski definition) is 6. The average molecular weight is 320 g/mol. The minimum atomic E-state index is -1.13. The molecule has 0 saturated heterocycles. The molecule has 0 atom stereocenters. The number of nitrogens with zero attached hydrogens (tertiary/aromatic N) is 1. The van der Waals surface area contributed by atoms with Gasteiger partial charge in [-0.15, -0.1) is 0 Å². The smallest absolute Gasteiger partial charge is 0.337 e. The second-order valence-corrected chi connectivity index (χ2v) is 4.28. The lowest BCUT2D eigenvalue weighted by molar-refractivity contribution is 0.0176. The minimum Gasteiger partial charge on any atom is -0.478 e. The second kappa shape index (κ2) is 10.3. The largest absolute Gasteiger partial charge is 0.478 e. The summed E-state index contributed by atoms with van der Waals surface area (Å²) < 4.78 is 20.6. The Morgan fingerprint density at radius 1 is 1.19 bits per heavy atom. The van der Waals surface area contributed by atoms with E-state index in [4.69, 9.17) is 35.7 Å². The number of methoxy groups -OCH3 is 1. The lowest BCUT2D eigenvalue weighted by Crippen LogP contribution is -2.13. The number of carboxylic acids is 1. The molecule has 8 heteroatoms. The summed E-state index contributed by atoms with van der Waals surface area (Å²) in [4.78, 5) is 14.8. The van der Waals surface area contributed by atoms with Crippen molar-refractivity contribution >= 4 is 17.6 Å². The van der Waals surface area contributed by atoms with E-state index >= 15 is 0 Å². The van der Waals surface area contributed by atoms with E-state index in [1.54, 1.807) is 7.11 Å². The Balaban J connectivity index is 2.16. The molecule has 1 aromatic heterocycles. The number of aromatic nitrogens is 1. The molecule has 118 valence electrons. The number of rotatable bonds is 11. The van der Waals surface area contributed by atoms with E-state index in [0.29, 0.717) is 33.0 Å². The van der Waals surface area contributed by atoms with Gasteiger partial charge in [-0.25, -0.2) is 9.78 Å². The fraction of sp³-hybridized carbons (Fsp3) is 0.538. The Bertz CT molecular complexity index is 443. The maximum absolute atomic E-state index is 10.9. The first kappa shape index (κ1) is 17.6. The Morgan fingerprint density at radius 3 is 2.43 bits per heavy atom. The lowest BCUT2D eigenvalue weighted by atomic mass is 10.3. The molecule has 0 aliphatic rings. The number of pyridine rings is 1. The summed E-state index contributed by atoms with van der Waals surface area (Å²) in [6, 6.07) is 1.28. The van der Waals surface area contributed by atoms with Gasteiger partial charge in [0.2, 0.25) is 5.88 Å². The van der Waals surface area contributed by atoms with Crippen LogP contribution >= 0.6 is 11.6 Å². The number of aromatic carboxylic acids is 1. The summed E-state index contributed by atoms with van der Waals surface area (Å²) in [7, 11) is 1.61. The quantitative estimate of drug-likeness (QED) is 0.618. The molecule has 0 aromatic carbocycles. The predicted octanol–water partition coefficient (Wildman–Crippen LogP) is 1.49. The summed E-state index contributed by atoms with van der Waals surface area (Å²) in [5.74, 6) is -0.937. The molecule has 21 heavy (non-hydrogen) atoms. The minimum absolute atomic E-state index is 0.0471. The molecular formula is C13H18ClNO6. The number of ether oxygens (including phenoxy) is 4. The van der Waals surface area contributed by atoms with E-state index in [-0.39, 0.29) is 23.1 Å². The third-order valence-corrected chi connectivity index (χ3v) is 2.64. The molecule has 0 spiro atoms. The van der Waals surface area contributed by atoms with Crippen LogP contribution in [0.1, 0.15) is 10.4 Å². The standard InChI is InChI=1S/C13H18ClNO6/c1-18-2-3-19-4-5-20-6-7-21-12-8-10(13(16)17)11(14)9-15-12/h8-9H,2-7H2,1H3,(H,16,17). The van der Waals surface area contributed by atoms with Crippen molar-refractivity contribution in [3.05, 3.63) is 22.8 Å². The number of hydrogen-bond donors (Lipinski definition) is 1. The topological polar surface area (TPSA) is 87.1 Å². The van der Waals surface area contributed by atoms with Crippen LogP contribution in [0, 0.1) is 0 Å². The Morgan fingerprint density at radius 2 is 1.81 bits per heavy atom. The van der Waals surface area contributed by atoms with E-state index < -0.39 is 5.97 Å². The maximum atomic E-state index is 10.9. The van der Waals surface area contributed by atoms with Crippen LogP contribution in [0.2, 0.25) is 5.02 Å². The first-order valence-electron chi connectivity index (χ1n) is 6.31. The molecule has 7 nitrogen and oxygen atoms in total. The Labute approximate surface area is 127 Å². The molecule has 0 fully saturated rings. The molecule has 1 rings (SSSR count). The van der Waals surface area contributed by atoms with E-state index in [0.717, 1.165) is 0 Å². The van der Waals surface area contributed by atoms with Gasteiger partial charge in [-0.1, -0.05) is 11.6 Å². The Hall–Kier alpha value is -1.41. The van der Waals surface area contributed by atoms with Crippen molar-refractivity contribution in [3.8, 4) is 5.88 Å². The van der Waals surface area contributed by atoms with E-state index in [1.165, 1.54) is 12.3 Å². The summed E-state index contributed by atoms with van der Waals surface area (Å²) in [6.07, 6.45) is 1.24. The zero-order chi connectivity index (χ0) is 15.5. The fourth-order valence-electron chi connectivity index (χ4n) is 1.33. The number of carbonyl (C=O) groups is 1. The van der Waals surface area contributed by atoms with Crippen LogP contribution in [0.15, 0.2) is 12.3 Å². The SMILES string of the molecule is COCCOCCOCCOc1cc(C(=O)O)c(Cl)cn1. The van der Waals surface area contributed by atoms with Crippen LogP contribution in [-0.4, -0.2) is 62.8 Å². The highest BCUT2D eigenvalue weighted by molar-refractivity contribution is 6.33. The first-order chi connectivity index (χ1) is 10.1. The maximum Gasteiger partial charge on any atom is 0.337 e. The van der Waals surface area contributed by atoms with Crippen molar-refractivity contribution in [2.75, 3.05) is 46.8 Å². The normalized spacial score (nSPS) is 10.6. The van der Waals surface area contributed by atoms with E-state index in [9.17, 15) is 4.79 Å². The van der Waals surface area contributed by atoms with Crippen molar-refractivity contribution in [2.45, 2.75) is 0 Å². The van der Waals surface area contributed by atoms with Gasteiger partial charge in [-0.05, 0) is 0 Å². The van der Waals surface area contributed by atoms with Crippen LogP contribution in [0.3, 0.4) is 0 Å². The molecular weight excluding hydrogens is 302 g/mol. The van der Waals surface area contributed by atoms with Gasteiger partial charge >= 0.3 is 5.97 Å². The third kappa shape index (κ3) is 7.24. The van der Waals surface area contributed by atoms with Crippen molar-refractivity contribution in [1.82, 2.24) is 4.98 Å². The van der Waals surface area contributed by atoms with Crippen molar-refractivity contribution in [2.24, 2.45) is 0 Å². The van der Waals surface area contributed by atoms with Gasteiger partial charge in [-0.2, -0.15) is 0 Å². The second-order valence-electron chi connectivity index (χ2n) is 3.87. The Kier molecular flexibility index (Phi) is 8.68. The molecule has 0 saturated carbocycles. The molecule has 1 heterocycles. The van der Waals surface area contributed by atoms with Gasteiger partial charge in [-0.3, -0.25) is 0 Å². The van der Waals surface area contributed by atoms with Gasteiger partial charge in [0.05, 0.1) is 49.8 Å². The van der Waals surface area contributed by atoms with Gasteiger partial charge in [0.25, 0.3) is 0 Å². The summed E-state index contributed by atoms with van der Waals surface area (Å²) >= 11 is 5.70. The molecule has 0 radical (unpaired) electrons. The highest BCUT2D eigenvalue weighted by Gasteiger charge is 2.10.